The van der Waals surface area contributed by atoms with Gasteiger partial charge in [-0.15, -0.1) is 10.2 Å². The van der Waals surface area contributed by atoms with E-state index < -0.39 is 5.25 Å². The molecular weight excluding hydrogens is 380 g/mol. The molecule has 146 valence electrons. The maximum absolute atomic E-state index is 11.4. The third-order valence-electron chi connectivity index (χ3n) is 4.16. The Labute approximate surface area is 166 Å². The molecule has 0 unspecified atom stereocenters. The van der Waals surface area contributed by atoms with Crippen LogP contribution in [0.2, 0.25) is 0 Å². The molecule has 1 heterocycles. The van der Waals surface area contributed by atoms with Crippen molar-refractivity contribution in [1.29, 1.82) is 0 Å². The van der Waals surface area contributed by atoms with Crippen molar-refractivity contribution in [3.63, 3.8) is 0 Å². The Morgan fingerprint density at radius 2 is 1.89 bits per heavy atom. The summed E-state index contributed by atoms with van der Waals surface area (Å²) < 4.78 is 12.6. The van der Waals surface area contributed by atoms with Crippen LogP contribution in [0.1, 0.15) is 16.6 Å². The van der Waals surface area contributed by atoms with Crippen molar-refractivity contribution in [2.24, 2.45) is 0 Å². The van der Waals surface area contributed by atoms with E-state index in [2.05, 4.69) is 10.2 Å². The zero-order valence-electron chi connectivity index (χ0n) is 15.7. The number of hydrogen-bond donors (Lipinski definition) is 0. The van der Waals surface area contributed by atoms with Gasteiger partial charge in [0.05, 0.1) is 14.2 Å². The summed E-state index contributed by atoms with van der Waals surface area (Å²) in [6.07, 6.45) is 0. The minimum Gasteiger partial charge on any atom is -0.497 e. The van der Waals surface area contributed by atoms with E-state index in [1.165, 1.54) is 18.9 Å². The number of aromatic nitrogens is 3. The smallest absolute Gasteiger partial charge is 0.220 e. The van der Waals surface area contributed by atoms with E-state index in [1.807, 2.05) is 41.8 Å². The number of rotatable bonds is 8. The highest BCUT2D eigenvalue weighted by atomic mass is 32.2. The summed E-state index contributed by atoms with van der Waals surface area (Å²) in [4.78, 5) is 11.0. The average molecular weight is 400 g/mol. The van der Waals surface area contributed by atoms with Crippen LogP contribution in [-0.2, 0) is 0 Å². The van der Waals surface area contributed by atoms with Gasteiger partial charge < -0.3 is 9.47 Å². The predicted molar refractivity (Wildman–Crippen MR) is 106 cm³/mol. The second-order valence-electron chi connectivity index (χ2n) is 5.93. The maximum atomic E-state index is 11.4. The van der Waals surface area contributed by atoms with Crippen molar-refractivity contribution in [1.82, 2.24) is 14.8 Å². The molecule has 0 bridgehead atoms. The second-order valence-corrected chi connectivity index (χ2v) is 7.10. The first-order valence-corrected chi connectivity index (χ1v) is 9.39. The van der Waals surface area contributed by atoms with Crippen LogP contribution in [0.15, 0.2) is 53.7 Å². The fraction of sp³-hybridized carbons (Fsp3) is 0.263. The van der Waals surface area contributed by atoms with E-state index in [1.54, 1.807) is 25.3 Å². The average Bonchev–Trinajstić information content (AvgIpc) is 3.07. The summed E-state index contributed by atoms with van der Waals surface area (Å²) in [5.41, 5.74) is 1.56. The fourth-order valence-corrected chi connectivity index (χ4v) is 4.04. The highest BCUT2D eigenvalue weighted by Gasteiger charge is 2.27. The number of methoxy groups -OCH3 is 2. The molecule has 0 aliphatic rings. The second kappa shape index (κ2) is 8.75. The maximum Gasteiger partial charge on any atom is 0.220 e. The lowest BCUT2D eigenvalue weighted by Gasteiger charge is -2.17. The van der Waals surface area contributed by atoms with Gasteiger partial charge in [-0.25, -0.2) is 0 Å². The van der Waals surface area contributed by atoms with Crippen LogP contribution in [0.3, 0.4) is 0 Å². The summed E-state index contributed by atoms with van der Waals surface area (Å²) in [6.45, 7) is 1.55. The Bertz CT molecular complexity index is 962. The Hall–Kier alpha value is -3.07. The molecule has 0 N–H and O–H groups in total. The van der Waals surface area contributed by atoms with Gasteiger partial charge in [-0.1, -0.05) is 30.0 Å². The minimum atomic E-state index is -0.536. The first-order chi connectivity index (χ1) is 13.5. The Balaban J connectivity index is 2.03. The molecule has 0 saturated heterocycles. The summed E-state index contributed by atoms with van der Waals surface area (Å²) in [6, 6.07) is 14.9. The number of aryl methyl sites for hydroxylation is 1. The fourth-order valence-electron chi connectivity index (χ4n) is 2.85. The molecule has 8 nitrogen and oxygen atoms in total. The van der Waals surface area contributed by atoms with Crippen LogP contribution >= 0.6 is 11.8 Å². The van der Waals surface area contributed by atoms with Crippen LogP contribution in [0, 0.1) is 17.0 Å². The van der Waals surface area contributed by atoms with E-state index in [0.717, 1.165) is 5.69 Å². The Morgan fingerprint density at radius 3 is 2.54 bits per heavy atom. The highest BCUT2D eigenvalue weighted by Crippen LogP contribution is 2.41. The van der Waals surface area contributed by atoms with Gasteiger partial charge in [0.15, 0.2) is 5.16 Å². The lowest BCUT2D eigenvalue weighted by Crippen LogP contribution is -2.12. The van der Waals surface area contributed by atoms with Crippen molar-refractivity contribution in [3.8, 4) is 17.2 Å². The summed E-state index contributed by atoms with van der Waals surface area (Å²) in [7, 11) is 3.09. The molecule has 0 spiro atoms. The number of ether oxygens (including phenoxy) is 2. The quantitative estimate of drug-likeness (QED) is 0.323. The molecule has 1 atom stereocenters. The first kappa shape index (κ1) is 19.7. The Morgan fingerprint density at radius 1 is 1.14 bits per heavy atom. The summed E-state index contributed by atoms with van der Waals surface area (Å²) in [5.74, 6) is 1.86. The van der Waals surface area contributed by atoms with Crippen LogP contribution < -0.4 is 9.47 Å². The third kappa shape index (κ3) is 4.25. The van der Waals surface area contributed by atoms with Crippen LogP contribution in [0.5, 0.6) is 11.5 Å². The zero-order chi connectivity index (χ0) is 20.1. The third-order valence-corrected chi connectivity index (χ3v) is 5.32. The zero-order valence-corrected chi connectivity index (χ0v) is 16.5. The van der Waals surface area contributed by atoms with Gasteiger partial charge in [-0.05, 0) is 37.3 Å². The van der Waals surface area contributed by atoms with Gasteiger partial charge in [0, 0.05) is 16.2 Å². The Kier molecular flexibility index (Phi) is 6.15. The van der Waals surface area contributed by atoms with Crippen LogP contribution in [0.4, 0.5) is 0 Å². The van der Waals surface area contributed by atoms with Gasteiger partial charge in [0.25, 0.3) is 0 Å². The van der Waals surface area contributed by atoms with E-state index in [4.69, 9.17) is 9.47 Å². The van der Waals surface area contributed by atoms with Gasteiger partial charge in [-0.2, -0.15) is 0 Å². The van der Waals surface area contributed by atoms with E-state index in [0.29, 0.717) is 28.0 Å². The molecule has 0 aliphatic heterocycles. The molecule has 0 saturated carbocycles. The molecule has 0 amide bonds. The molecule has 2 aromatic carbocycles. The van der Waals surface area contributed by atoms with Crippen molar-refractivity contribution < 1.29 is 14.4 Å². The van der Waals surface area contributed by atoms with Gasteiger partial charge in [0.1, 0.15) is 22.6 Å². The molecule has 1 aromatic heterocycles. The van der Waals surface area contributed by atoms with Crippen molar-refractivity contribution in [3.05, 3.63) is 70.0 Å². The molecule has 28 heavy (non-hydrogen) atoms. The minimum absolute atomic E-state index is 0.297. The van der Waals surface area contributed by atoms with E-state index in [-0.39, 0.29) is 11.5 Å². The van der Waals surface area contributed by atoms with Gasteiger partial charge in [0.2, 0.25) is 6.54 Å². The molecule has 0 radical (unpaired) electrons. The lowest BCUT2D eigenvalue weighted by molar-refractivity contribution is -0.479. The monoisotopic (exact) mass is 400 g/mol. The predicted octanol–water partition coefficient (Wildman–Crippen LogP) is 3.70. The van der Waals surface area contributed by atoms with Crippen molar-refractivity contribution >= 4 is 11.8 Å². The van der Waals surface area contributed by atoms with E-state index >= 15 is 0 Å². The van der Waals surface area contributed by atoms with Gasteiger partial charge in [-0.3, -0.25) is 14.7 Å². The molecule has 0 aliphatic carbocycles. The number of nitro groups is 1. The summed E-state index contributed by atoms with van der Waals surface area (Å²) in [5, 5.41) is 19.8. The number of nitrogens with zero attached hydrogens (tertiary/aromatic N) is 4. The largest absolute Gasteiger partial charge is 0.497 e. The molecular formula is C19H20N4O4S. The van der Waals surface area contributed by atoms with Crippen molar-refractivity contribution in [2.75, 3.05) is 20.8 Å². The molecule has 3 aromatic rings. The highest BCUT2D eigenvalue weighted by molar-refractivity contribution is 7.99. The van der Waals surface area contributed by atoms with Crippen LogP contribution in [0.25, 0.3) is 5.69 Å². The van der Waals surface area contributed by atoms with E-state index in [9.17, 15) is 10.1 Å². The number of para-hydroxylation sites is 1. The standard InChI is InChI=1S/C19H20N4O4S/c1-13-20-21-19(23(13)14-7-5-4-6-8-14)28-18(12-22(24)25)16-11-15(26-2)9-10-17(16)27-3/h4-11,18H,12H2,1-3H3/t18-/m0/s1. The number of thioether (sulfide) groups is 1. The molecule has 9 heteroatoms. The normalized spacial score (nSPS) is 11.8. The number of benzene rings is 2. The number of hydrogen-bond acceptors (Lipinski definition) is 7. The topological polar surface area (TPSA) is 92.3 Å². The SMILES string of the molecule is COc1ccc(OC)c([C@H](C[N+](=O)[O-])Sc2nnc(C)n2-c2ccccc2)c1. The van der Waals surface area contributed by atoms with Crippen molar-refractivity contribution in [2.45, 2.75) is 17.3 Å². The van der Waals surface area contributed by atoms with Crippen LogP contribution in [-0.4, -0.2) is 40.5 Å². The molecule has 0 fully saturated rings. The first-order valence-electron chi connectivity index (χ1n) is 8.51. The van der Waals surface area contributed by atoms with Gasteiger partial charge >= 0.3 is 0 Å². The lowest BCUT2D eigenvalue weighted by atomic mass is 10.1. The molecule has 3 rings (SSSR count). The summed E-state index contributed by atoms with van der Waals surface area (Å²) >= 11 is 1.27.